The second-order valence-corrected chi connectivity index (χ2v) is 7.18. The molecule has 0 aliphatic rings. The number of ether oxygens (including phenoxy) is 3. The molecule has 166 valence electrons. The lowest BCUT2D eigenvalue weighted by atomic mass is 10.1. The molecule has 0 bridgehead atoms. The van der Waals surface area contributed by atoms with E-state index in [4.69, 9.17) is 14.2 Å². The normalized spacial score (nSPS) is 10.3. The van der Waals surface area contributed by atoms with Crippen molar-refractivity contribution in [2.24, 2.45) is 0 Å². The minimum Gasteiger partial charge on any atom is -0.493 e. The summed E-state index contributed by atoms with van der Waals surface area (Å²) in [5.41, 5.74) is 2.56. The number of amides is 1. The summed E-state index contributed by atoms with van der Waals surface area (Å²) >= 11 is 0. The Morgan fingerprint density at radius 1 is 0.812 bits per heavy atom. The summed E-state index contributed by atoms with van der Waals surface area (Å²) in [5.74, 6) is 0.139. The van der Waals surface area contributed by atoms with Crippen LogP contribution in [0, 0.1) is 0 Å². The van der Waals surface area contributed by atoms with Gasteiger partial charge in [-0.2, -0.15) is 0 Å². The predicted octanol–water partition coefficient (Wildman–Crippen LogP) is 4.13. The molecule has 6 nitrogen and oxygen atoms in total. The minimum absolute atomic E-state index is 0.135. The van der Waals surface area contributed by atoms with Crippen LogP contribution in [-0.4, -0.2) is 44.1 Å². The Balaban J connectivity index is 1.69. The highest BCUT2D eigenvalue weighted by Gasteiger charge is 2.17. The molecule has 0 N–H and O–H groups in total. The van der Waals surface area contributed by atoms with Gasteiger partial charge in [0.05, 0.1) is 19.8 Å². The fourth-order valence-electron chi connectivity index (χ4n) is 3.27. The van der Waals surface area contributed by atoms with Crippen molar-refractivity contribution in [3.8, 4) is 11.5 Å². The van der Waals surface area contributed by atoms with Crippen LogP contribution >= 0.6 is 0 Å². The fourth-order valence-corrected chi connectivity index (χ4v) is 3.27. The average Bonchev–Trinajstić information content (AvgIpc) is 2.85. The first-order chi connectivity index (χ1) is 15.6. The summed E-state index contributed by atoms with van der Waals surface area (Å²) < 4.78 is 15.8. The third kappa shape index (κ3) is 6.35. The van der Waals surface area contributed by atoms with Gasteiger partial charge in [0.1, 0.15) is 0 Å². The molecule has 32 heavy (non-hydrogen) atoms. The first-order valence-electron chi connectivity index (χ1n) is 10.4. The summed E-state index contributed by atoms with van der Waals surface area (Å²) in [7, 11) is 2.79. The largest absolute Gasteiger partial charge is 0.493 e. The molecule has 3 rings (SSSR count). The lowest BCUT2D eigenvalue weighted by Gasteiger charge is -2.23. The number of esters is 1. The molecule has 1 amide bonds. The van der Waals surface area contributed by atoms with Crippen LogP contribution in [0.1, 0.15) is 21.5 Å². The van der Waals surface area contributed by atoms with Gasteiger partial charge in [-0.05, 0) is 35.7 Å². The number of carbonyl (C=O) groups is 2. The Labute approximate surface area is 188 Å². The number of nitrogens with zero attached hydrogens (tertiary/aromatic N) is 1. The van der Waals surface area contributed by atoms with Crippen molar-refractivity contribution in [2.45, 2.75) is 13.0 Å². The molecule has 0 heterocycles. The van der Waals surface area contributed by atoms with E-state index in [2.05, 4.69) is 12.1 Å². The summed E-state index contributed by atoms with van der Waals surface area (Å²) in [5, 5.41) is 0. The number of benzene rings is 3. The minimum atomic E-state index is -0.471. The van der Waals surface area contributed by atoms with Crippen molar-refractivity contribution in [3.63, 3.8) is 0 Å². The van der Waals surface area contributed by atoms with Crippen molar-refractivity contribution in [1.29, 1.82) is 0 Å². The second-order valence-electron chi connectivity index (χ2n) is 7.18. The lowest BCUT2D eigenvalue weighted by Crippen LogP contribution is -2.36. The molecular formula is C26H27NO5. The van der Waals surface area contributed by atoms with E-state index in [1.165, 1.54) is 25.8 Å². The van der Waals surface area contributed by atoms with Crippen molar-refractivity contribution in [3.05, 3.63) is 95.6 Å². The molecule has 3 aromatic carbocycles. The number of carbonyl (C=O) groups excluding carboxylic acids is 2. The van der Waals surface area contributed by atoms with Gasteiger partial charge in [0, 0.05) is 13.1 Å². The van der Waals surface area contributed by atoms with E-state index in [0.717, 1.165) is 12.0 Å². The highest BCUT2D eigenvalue weighted by atomic mass is 16.5. The number of rotatable bonds is 10. The van der Waals surface area contributed by atoms with E-state index < -0.39 is 5.97 Å². The van der Waals surface area contributed by atoms with Crippen molar-refractivity contribution >= 4 is 11.9 Å². The highest BCUT2D eigenvalue weighted by molar-refractivity contribution is 5.90. The Kier molecular flexibility index (Phi) is 8.26. The monoisotopic (exact) mass is 433 g/mol. The van der Waals surface area contributed by atoms with Gasteiger partial charge in [-0.3, -0.25) is 4.79 Å². The molecule has 0 aromatic heterocycles. The molecule has 6 heteroatoms. The lowest BCUT2D eigenvalue weighted by molar-refractivity contribution is -0.134. The van der Waals surface area contributed by atoms with E-state index in [1.807, 2.05) is 48.5 Å². The molecule has 0 unspecified atom stereocenters. The molecule has 0 atom stereocenters. The predicted molar refractivity (Wildman–Crippen MR) is 122 cm³/mol. The summed E-state index contributed by atoms with van der Waals surface area (Å²) in [6.07, 6.45) is 0.747. The van der Waals surface area contributed by atoms with Gasteiger partial charge in [0.2, 0.25) is 0 Å². The maximum absolute atomic E-state index is 13.0. The van der Waals surface area contributed by atoms with Crippen molar-refractivity contribution in [1.82, 2.24) is 4.90 Å². The van der Waals surface area contributed by atoms with Crippen LogP contribution in [0.15, 0.2) is 78.9 Å². The SMILES string of the molecule is COC(=O)c1ccc(OCC(=O)N(CCc2ccccc2)Cc2ccccc2)c(OC)c1. The second kappa shape index (κ2) is 11.6. The third-order valence-corrected chi connectivity index (χ3v) is 5.02. The topological polar surface area (TPSA) is 65.1 Å². The fraction of sp³-hybridized carbons (Fsp3) is 0.231. The third-order valence-electron chi connectivity index (χ3n) is 5.02. The zero-order chi connectivity index (χ0) is 22.8. The van der Waals surface area contributed by atoms with E-state index in [-0.39, 0.29) is 12.5 Å². The molecule has 0 aliphatic heterocycles. The number of hydrogen-bond acceptors (Lipinski definition) is 5. The van der Waals surface area contributed by atoms with Gasteiger partial charge < -0.3 is 19.1 Å². The van der Waals surface area contributed by atoms with Crippen molar-refractivity contribution < 1.29 is 23.8 Å². The van der Waals surface area contributed by atoms with E-state index in [1.54, 1.807) is 17.0 Å². The zero-order valence-corrected chi connectivity index (χ0v) is 18.3. The Hall–Kier alpha value is -3.80. The quantitative estimate of drug-likeness (QED) is 0.450. The highest BCUT2D eigenvalue weighted by Crippen LogP contribution is 2.28. The van der Waals surface area contributed by atoms with Gasteiger partial charge in [-0.15, -0.1) is 0 Å². The summed E-state index contributed by atoms with van der Waals surface area (Å²) in [4.78, 5) is 26.6. The molecule has 3 aromatic rings. The van der Waals surface area contributed by atoms with Crippen molar-refractivity contribution in [2.75, 3.05) is 27.4 Å². The van der Waals surface area contributed by atoms with E-state index in [9.17, 15) is 9.59 Å². The van der Waals surface area contributed by atoms with Crippen LogP contribution in [0.2, 0.25) is 0 Å². The number of methoxy groups -OCH3 is 2. The van der Waals surface area contributed by atoms with Crippen LogP contribution in [0.4, 0.5) is 0 Å². The van der Waals surface area contributed by atoms with Crippen LogP contribution in [0.25, 0.3) is 0 Å². The van der Waals surface area contributed by atoms with Crippen LogP contribution in [0.5, 0.6) is 11.5 Å². The molecule has 0 saturated heterocycles. The number of hydrogen-bond donors (Lipinski definition) is 0. The maximum Gasteiger partial charge on any atom is 0.337 e. The van der Waals surface area contributed by atoms with E-state index >= 15 is 0 Å². The smallest absolute Gasteiger partial charge is 0.337 e. The first kappa shape index (κ1) is 22.9. The van der Waals surface area contributed by atoms with E-state index in [0.29, 0.717) is 30.2 Å². The maximum atomic E-state index is 13.0. The average molecular weight is 434 g/mol. The standard InChI is InChI=1S/C26H27NO5/c1-30-24-17-22(26(29)31-2)13-14-23(24)32-19-25(28)27(18-21-11-7-4-8-12-21)16-15-20-9-5-3-6-10-20/h3-14,17H,15-16,18-19H2,1-2H3. The van der Waals surface area contributed by atoms with Gasteiger partial charge in [0.25, 0.3) is 5.91 Å². The Morgan fingerprint density at radius 3 is 2.09 bits per heavy atom. The molecular weight excluding hydrogens is 406 g/mol. The summed E-state index contributed by atoms with van der Waals surface area (Å²) in [6, 6.07) is 24.6. The summed E-state index contributed by atoms with van der Waals surface area (Å²) in [6.45, 7) is 0.920. The Morgan fingerprint density at radius 2 is 1.47 bits per heavy atom. The van der Waals surface area contributed by atoms with Crippen LogP contribution < -0.4 is 9.47 Å². The molecule has 0 spiro atoms. The van der Waals surface area contributed by atoms with Gasteiger partial charge in [-0.1, -0.05) is 60.7 Å². The first-order valence-corrected chi connectivity index (χ1v) is 10.4. The van der Waals surface area contributed by atoms with Gasteiger partial charge in [-0.25, -0.2) is 4.79 Å². The van der Waals surface area contributed by atoms with Crippen LogP contribution in [-0.2, 0) is 22.5 Å². The molecule has 0 aliphatic carbocycles. The molecule has 0 radical (unpaired) electrons. The Bertz CT molecular complexity index is 1020. The molecule has 0 saturated carbocycles. The van der Waals surface area contributed by atoms with Gasteiger partial charge >= 0.3 is 5.97 Å². The van der Waals surface area contributed by atoms with Crippen LogP contribution in [0.3, 0.4) is 0 Å². The zero-order valence-electron chi connectivity index (χ0n) is 18.3. The van der Waals surface area contributed by atoms with Gasteiger partial charge in [0.15, 0.2) is 18.1 Å². The molecule has 0 fully saturated rings.